The van der Waals surface area contributed by atoms with E-state index in [9.17, 15) is 8.42 Å². The van der Waals surface area contributed by atoms with E-state index in [0.29, 0.717) is 11.4 Å². The van der Waals surface area contributed by atoms with E-state index in [1.165, 1.54) is 11.3 Å². The van der Waals surface area contributed by atoms with Gasteiger partial charge in [0.2, 0.25) is 10.0 Å². The second kappa shape index (κ2) is 7.64. The van der Waals surface area contributed by atoms with E-state index >= 15 is 0 Å². The van der Waals surface area contributed by atoms with Crippen molar-refractivity contribution < 1.29 is 8.42 Å². The third kappa shape index (κ3) is 5.07. The molecule has 0 aliphatic heterocycles. The van der Waals surface area contributed by atoms with E-state index in [2.05, 4.69) is 10.0 Å². The highest BCUT2D eigenvalue weighted by molar-refractivity contribution is 7.99. The van der Waals surface area contributed by atoms with Gasteiger partial charge >= 0.3 is 0 Å². The summed E-state index contributed by atoms with van der Waals surface area (Å²) in [5.41, 5.74) is 0. The second-order valence-corrected chi connectivity index (χ2v) is 8.66. The Bertz CT molecular complexity index is 497. The Balaban J connectivity index is 2.80. The molecule has 4 nitrogen and oxygen atoms in total. The van der Waals surface area contributed by atoms with Gasteiger partial charge in [-0.2, -0.15) is 11.8 Å². The SMILES string of the molecule is CCNCc1cc(S(=O)(=O)NCC(C)SC)c(C)s1. The maximum atomic E-state index is 12.2. The van der Waals surface area contributed by atoms with Gasteiger partial charge in [0.05, 0.1) is 4.90 Å². The number of aryl methyl sites for hydroxylation is 1. The van der Waals surface area contributed by atoms with Crippen molar-refractivity contribution in [3.05, 3.63) is 15.8 Å². The Morgan fingerprint density at radius 2 is 2.16 bits per heavy atom. The van der Waals surface area contributed by atoms with Gasteiger partial charge in [0.1, 0.15) is 0 Å². The van der Waals surface area contributed by atoms with Gasteiger partial charge < -0.3 is 5.32 Å². The summed E-state index contributed by atoms with van der Waals surface area (Å²) in [6.45, 7) is 7.95. The van der Waals surface area contributed by atoms with Crippen molar-refractivity contribution in [3.8, 4) is 0 Å². The van der Waals surface area contributed by atoms with Gasteiger partial charge in [-0.05, 0) is 25.8 Å². The number of hydrogen-bond acceptors (Lipinski definition) is 5. The molecule has 1 heterocycles. The first-order valence-corrected chi connectivity index (χ1v) is 9.82. The van der Waals surface area contributed by atoms with Crippen molar-refractivity contribution in [1.29, 1.82) is 0 Å². The lowest BCUT2D eigenvalue weighted by Crippen LogP contribution is -2.29. The lowest BCUT2D eigenvalue weighted by atomic mass is 10.4. The van der Waals surface area contributed by atoms with Crippen molar-refractivity contribution in [1.82, 2.24) is 10.0 Å². The highest BCUT2D eigenvalue weighted by Crippen LogP contribution is 2.25. The predicted octanol–water partition coefficient (Wildman–Crippen LogP) is 2.20. The standard InChI is InChI=1S/C12H22N2O2S3/c1-5-13-8-11-6-12(10(3)18-11)19(15,16)14-7-9(2)17-4/h6,9,13-14H,5,7-8H2,1-4H3. The van der Waals surface area contributed by atoms with E-state index in [1.54, 1.807) is 17.8 Å². The molecule has 0 amide bonds. The molecule has 0 aliphatic carbocycles. The lowest BCUT2D eigenvalue weighted by molar-refractivity contribution is 0.581. The average molecular weight is 323 g/mol. The number of thioether (sulfide) groups is 1. The van der Waals surface area contributed by atoms with Crippen LogP contribution in [0.15, 0.2) is 11.0 Å². The molecule has 110 valence electrons. The highest BCUT2D eigenvalue weighted by Gasteiger charge is 2.20. The van der Waals surface area contributed by atoms with Crippen LogP contribution in [0.5, 0.6) is 0 Å². The molecule has 7 heteroatoms. The quantitative estimate of drug-likeness (QED) is 0.770. The first-order valence-electron chi connectivity index (χ1n) is 6.23. The molecule has 0 saturated heterocycles. The van der Waals surface area contributed by atoms with E-state index in [-0.39, 0.29) is 5.25 Å². The Kier molecular flexibility index (Phi) is 6.82. The van der Waals surface area contributed by atoms with E-state index in [0.717, 1.165) is 22.8 Å². The van der Waals surface area contributed by atoms with Gasteiger partial charge in [-0.25, -0.2) is 13.1 Å². The molecular weight excluding hydrogens is 300 g/mol. The summed E-state index contributed by atoms with van der Waals surface area (Å²) in [7, 11) is -3.38. The van der Waals surface area contributed by atoms with Crippen LogP contribution >= 0.6 is 23.1 Å². The van der Waals surface area contributed by atoms with Gasteiger partial charge in [0.25, 0.3) is 0 Å². The van der Waals surface area contributed by atoms with Gasteiger partial charge in [-0.15, -0.1) is 11.3 Å². The maximum Gasteiger partial charge on any atom is 0.241 e. The first kappa shape index (κ1) is 17.0. The summed E-state index contributed by atoms with van der Waals surface area (Å²) in [6, 6.07) is 1.77. The molecule has 19 heavy (non-hydrogen) atoms. The third-order valence-electron chi connectivity index (χ3n) is 2.73. The first-order chi connectivity index (χ1) is 8.90. The zero-order chi connectivity index (χ0) is 14.5. The fourth-order valence-electron chi connectivity index (χ4n) is 1.51. The molecule has 0 aromatic carbocycles. The molecule has 0 fully saturated rings. The smallest absolute Gasteiger partial charge is 0.241 e. The van der Waals surface area contributed by atoms with Crippen LogP contribution < -0.4 is 10.0 Å². The van der Waals surface area contributed by atoms with Gasteiger partial charge in [0.15, 0.2) is 0 Å². The number of nitrogens with one attached hydrogen (secondary N) is 2. The minimum atomic E-state index is -3.38. The zero-order valence-corrected chi connectivity index (χ0v) is 14.3. The molecule has 1 atom stereocenters. The molecular formula is C12H22N2O2S3. The molecule has 1 aromatic rings. The topological polar surface area (TPSA) is 58.2 Å². The minimum absolute atomic E-state index is 0.273. The van der Waals surface area contributed by atoms with E-state index < -0.39 is 10.0 Å². The second-order valence-electron chi connectivity index (χ2n) is 4.31. The number of sulfonamides is 1. The lowest BCUT2D eigenvalue weighted by Gasteiger charge is -2.10. The van der Waals surface area contributed by atoms with Gasteiger partial charge in [-0.1, -0.05) is 13.8 Å². The number of rotatable bonds is 8. The summed E-state index contributed by atoms with van der Waals surface area (Å²) < 4.78 is 27.1. The molecule has 0 saturated carbocycles. The van der Waals surface area contributed by atoms with Gasteiger partial charge in [0, 0.05) is 28.1 Å². The van der Waals surface area contributed by atoms with Gasteiger partial charge in [-0.3, -0.25) is 0 Å². The van der Waals surface area contributed by atoms with Crippen molar-refractivity contribution >= 4 is 33.1 Å². The van der Waals surface area contributed by atoms with E-state index in [4.69, 9.17) is 0 Å². The van der Waals surface area contributed by atoms with Crippen LogP contribution in [-0.2, 0) is 16.6 Å². The molecule has 0 bridgehead atoms. The minimum Gasteiger partial charge on any atom is -0.312 e. The summed E-state index contributed by atoms with van der Waals surface area (Å²) in [5, 5.41) is 3.48. The molecule has 1 aromatic heterocycles. The van der Waals surface area contributed by atoms with Crippen LogP contribution in [-0.4, -0.2) is 33.0 Å². The number of thiophene rings is 1. The molecule has 1 rings (SSSR count). The molecule has 2 N–H and O–H groups in total. The van der Waals surface area contributed by atoms with E-state index in [1.807, 2.05) is 27.0 Å². The van der Waals surface area contributed by atoms with Crippen molar-refractivity contribution in [2.45, 2.75) is 37.5 Å². The Labute approximate surface area is 124 Å². The van der Waals surface area contributed by atoms with Crippen LogP contribution in [0.2, 0.25) is 0 Å². The van der Waals surface area contributed by atoms with Crippen molar-refractivity contribution in [3.63, 3.8) is 0 Å². The molecule has 0 radical (unpaired) electrons. The zero-order valence-electron chi connectivity index (χ0n) is 11.8. The monoisotopic (exact) mass is 322 g/mol. The van der Waals surface area contributed by atoms with Crippen LogP contribution in [0.1, 0.15) is 23.6 Å². The summed E-state index contributed by atoms with van der Waals surface area (Å²) >= 11 is 3.18. The summed E-state index contributed by atoms with van der Waals surface area (Å²) in [5.74, 6) is 0. The largest absolute Gasteiger partial charge is 0.312 e. The average Bonchev–Trinajstić information content (AvgIpc) is 2.75. The Morgan fingerprint density at radius 1 is 1.47 bits per heavy atom. The van der Waals surface area contributed by atoms with Crippen LogP contribution in [0, 0.1) is 6.92 Å². The molecule has 0 aliphatic rings. The fourth-order valence-corrected chi connectivity index (χ4v) is 4.60. The van der Waals surface area contributed by atoms with Crippen molar-refractivity contribution in [2.75, 3.05) is 19.3 Å². The van der Waals surface area contributed by atoms with Crippen LogP contribution in [0.25, 0.3) is 0 Å². The third-order valence-corrected chi connectivity index (χ3v) is 6.43. The maximum absolute atomic E-state index is 12.2. The summed E-state index contributed by atoms with van der Waals surface area (Å²) in [4.78, 5) is 2.31. The predicted molar refractivity (Wildman–Crippen MR) is 84.6 cm³/mol. The fraction of sp³-hybridized carbons (Fsp3) is 0.667. The Morgan fingerprint density at radius 3 is 2.74 bits per heavy atom. The van der Waals surface area contributed by atoms with Crippen LogP contribution in [0.3, 0.4) is 0 Å². The summed E-state index contributed by atoms with van der Waals surface area (Å²) in [6.07, 6.45) is 1.98. The van der Waals surface area contributed by atoms with Crippen LogP contribution in [0.4, 0.5) is 0 Å². The Hall–Kier alpha value is -0.0800. The molecule has 0 spiro atoms. The normalized spacial score (nSPS) is 13.7. The van der Waals surface area contributed by atoms with Crippen molar-refractivity contribution in [2.24, 2.45) is 0 Å². The highest BCUT2D eigenvalue weighted by atomic mass is 32.2. The molecule has 1 unspecified atom stereocenters. The number of hydrogen-bond donors (Lipinski definition) is 2.